The molecule has 1 aromatic heterocycles. The summed E-state index contributed by atoms with van der Waals surface area (Å²) in [5, 5.41) is 6.16. The van der Waals surface area contributed by atoms with Crippen LogP contribution >= 0.6 is 11.3 Å². The number of nitrogens with one attached hydrogen (secondary N) is 2. The van der Waals surface area contributed by atoms with E-state index in [9.17, 15) is 9.59 Å². The van der Waals surface area contributed by atoms with Crippen molar-refractivity contribution in [2.45, 2.75) is 26.8 Å². The van der Waals surface area contributed by atoms with E-state index in [4.69, 9.17) is 0 Å². The number of nitrogens with zero attached hydrogens (tertiary/aromatic N) is 1. The molecule has 1 amide bonds. The van der Waals surface area contributed by atoms with Crippen molar-refractivity contribution in [1.29, 1.82) is 0 Å². The van der Waals surface area contributed by atoms with Gasteiger partial charge >= 0.3 is 5.97 Å². The topological polar surface area (TPSA) is 80.3 Å². The summed E-state index contributed by atoms with van der Waals surface area (Å²) in [5.74, 6) is -0.526. The number of rotatable bonds is 5. The van der Waals surface area contributed by atoms with Gasteiger partial charge in [-0.2, -0.15) is 0 Å². The maximum absolute atomic E-state index is 11.4. The monoisotopic (exact) mass is 271 g/mol. The molecular formula is C11H17N3O3S. The summed E-state index contributed by atoms with van der Waals surface area (Å²) in [6.07, 6.45) is 0. The van der Waals surface area contributed by atoms with Gasteiger partial charge < -0.3 is 15.4 Å². The van der Waals surface area contributed by atoms with E-state index >= 15 is 0 Å². The van der Waals surface area contributed by atoms with Crippen LogP contribution in [0.3, 0.4) is 0 Å². The summed E-state index contributed by atoms with van der Waals surface area (Å²) in [6.45, 7) is 5.63. The fourth-order valence-corrected chi connectivity index (χ4v) is 2.16. The molecule has 0 saturated heterocycles. The van der Waals surface area contributed by atoms with Crippen molar-refractivity contribution in [1.82, 2.24) is 10.3 Å². The first kappa shape index (κ1) is 14.4. The third-order valence-electron chi connectivity index (χ3n) is 2.02. The van der Waals surface area contributed by atoms with Crippen LogP contribution in [-0.4, -0.2) is 36.6 Å². The van der Waals surface area contributed by atoms with Crippen molar-refractivity contribution in [3.63, 3.8) is 0 Å². The molecule has 0 saturated carbocycles. The number of amides is 1. The zero-order chi connectivity index (χ0) is 13.7. The molecule has 1 aromatic rings. The van der Waals surface area contributed by atoms with Crippen molar-refractivity contribution >= 4 is 28.3 Å². The summed E-state index contributed by atoms with van der Waals surface area (Å²) >= 11 is 1.18. The van der Waals surface area contributed by atoms with Gasteiger partial charge in [0.1, 0.15) is 4.88 Å². The van der Waals surface area contributed by atoms with Gasteiger partial charge in [0.05, 0.1) is 19.3 Å². The average molecular weight is 271 g/mol. The van der Waals surface area contributed by atoms with Crippen molar-refractivity contribution < 1.29 is 14.3 Å². The number of anilines is 1. The number of thiazole rings is 1. The molecule has 2 N–H and O–H groups in total. The minimum atomic E-state index is -0.412. The number of aryl methyl sites for hydroxylation is 1. The van der Waals surface area contributed by atoms with E-state index in [0.29, 0.717) is 15.7 Å². The molecule has 1 heterocycles. The summed E-state index contributed by atoms with van der Waals surface area (Å²) < 4.78 is 4.63. The Balaban J connectivity index is 2.59. The molecular weight excluding hydrogens is 254 g/mol. The summed E-state index contributed by atoms with van der Waals surface area (Å²) in [4.78, 5) is 27.4. The average Bonchev–Trinajstić information content (AvgIpc) is 2.66. The fourth-order valence-electron chi connectivity index (χ4n) is 1.28. The van der Waals surface area contributed by atoms with Crippen LogP contribution in [0.15, 0.2) is 0 Å². The lowest BCUT2D eigenvalue weighted by atomic mass is 10.4. The molecule has 7 heteroatoms. The van der Waals surface area contributed by atoms with Crippen molar-refractivity contribution in [2.24, 2.45) is 0 Å². The van der Waals surface area contributed by atoms with Crippen LogP contribution in [0.25, 0.3) is 0 Å². The Morgan fingerprint density at radius 3 is 2.67 bits per heavy atom. The van der Waals surface area contributed by atoms with Crippen molar-refractivity contribution in [3.05, 3.63) is 10.6 Å². The van der Waals surface area contributed by atoms with Crippen molar-refractivity contribution in [3.8, 4) is 0 Å². The van der Waals surface area contributed by atoms with Gasteiger partial charge in [0, 0.05) is 6.04 Å². The molecule has 0 spiro atoms. The number of ether oxygens (including phenoxy) is 1. The van der Waals surface area contributed by atoms with Crippen LogP contribution in [0, 0.1) is 6.92 Å². The molecule has 0 aliphatic heterocycles. The lowest BCUT2D eigenvalue weighted by molar-refractivity contribution is -0.119. The van der Waals surface area contributed by atoms with E-state index in [1.54, 1.807) is 6.92 Å². The molecule has 0 aliphatic carbocycles. The number of carbonyl (C=O) groups excluding carboxylic acids is 2. The maximum Gasteiger partial charge on any atom is 0.350 e. The second-order valence-electron chi connectivity index (χ2n) is 4.00. The third kappa shape index (κ3) is 3.99. The molecule has 6 nitrogen and oxygen atoms in total. The van der Waals surface area contributed by atoms with E-state index in [2.05, 4.69) is 20.4 Å². The van der Waals surface area contributed by atoms with Gasteiger partial charge in [-0.3, -0.25) is 4.79 Å². The Hall–Kier alpha value is -1.63. The molecule has 1 rings (SSSR count). The molecule has 0 bridgehead atoms. The minimum Gasteiger partial charge on any atom is -0.465 e. The van der Waals surface area contributed by atoms with Gasteiger partial charge in [-0.15, -0.1) is 0 Å². The first-order valence-corrected chi connectivity index (χ1v) is 6.34. The third-order valence-corrected chi connectivity index (χ3v) is 3.11. The van der Waals surface area contributed by atoms with E-state index in [0.717, 1.165) is 0 Å². The van der Waals surface area contributed by atoms with Gasteiger partial charge in [0.15, 0.2) is 5.13 Å². The summed E-state index contributed by atoms with van der Waals surface area (Å²) in [6, 6.07) is 0.1000. The first-order valence-electron chi connectivity index (χ1n) is 5.53. The Morgan fingerprint density at radius 1 is 1.44 bits per heavy atom. The van der Waals surface area contributed by atoms with Gasteiger partial charge in [-0.1, -0.05) is 11.3 Å². The molecule has 100 valence electrons. The molecule has 0 aromatic carbocycles. The van der Waals surface area contributed by atoms with Gasteiger partial charge in [-0.05, 0) is 20.8 Å². The van der Waals surface area contributed by atoms with Gasteiger partial charge in [0.25, 0.3) is 0 Å². The Morgan fingerprint density at radius 2 is 2.11 bits per heavy atom. The van der Waals surface area contributed by atoms with E-state index < -0.39 is 5.97 Å². The van der Waals surface area contributed by atoms with Crippen LogP contribution in [0.4, 0.5) is 5.13 Å². The second-order valence-corrected chi connectivity index (χ2v) is 5.00. The van der Waals surface area contributed by atoms with Crippen LogP contribution in [0.5, 0.6) is 0 Å². The molecule has 0 radical (unpaired) electrons. The Labute approximate surface area is 110 Å². The fraction of sp³-hybridized carbons (Fsp3) is 0.545. The normalized spacial score (nSPS) is 10.3. The number of methoxy groups -OCH3 is 1. The predicted molar refractivity (Wildman–Crippen MR) is 70.0 cm³/mol. The number of carbonyl (C=O) groups is 2. The van der Waals surface area contributed by atoms with Crippen LogP contribution in [0.1, 0.15) is 29.2 Å². The van der Waals surface area contributed by atoms with E-state index in [1.165, 1.54) is 18.4 Å². The predicted octanol–water partition coefficient (Wildman–Crippen LogP) is 1.17. The molecule has 18 heavy (non-hydrogen) atoms. The zero-order valence-corrected chi connectivity index (χ0v) is 11.7. The second kappa shape index (κ2) is 6.34. The number of hydrogen-bond acceptors (Lipinski definition) is 6. The number of esters is 1. The van der Waals surface area contributed by atoms with E-state index in [1.807, 2.05) is 13.8 Å². The molecule has 0 fully saturated rings. The van der Waals surface area contributed by atoms with E-state index in [-0.39, 0.29) is 18.5 Å². The highest BCUT2D eigenvalue weighted by Crippen LogP contribution is 2.22. The smallest absolute Gasteiger partial charge is 0.350 e. The van der Waals surface area contributed by atoms with Crippen LogP contribution in [0.2, 0.25) is 0 Å². The minimum absolute atomic E-state index is 0.1000. The highest BCUT2D eigenvalue weighted by molar-refractivity contribution is 7.17. The Bertz CT molecular complexity index is 443. The largest absolute Gasteiger partial charge is 0.465 e. The quantitative estimate of drug-likeness (QED) is 0.786. The lowest BCUT2D eigenvalue weighted by Gasteiger charge is -2.08. The molecule has 0 atom stereocenters. The highest BCUT2D eigenvalue weighted by atomic mass is 32.1. The summed E-state index contributed by atoms with van der Waals surface area (Å²) in [5.41, 5.74) is 0.596. The maximum atomic E-state index is 11.4. The SMILES string of the molecule is COC(=O)c1sc(NCC(=O)NC(C)C)nc1C. The number of aromatic nitrogens is 1. The zero-order valence-electron chi connectivity index (χ0n) is 10.9. The van der Waals surface area contributed by atoms with Crippen LogP contribution in [-0.2, 0) is 9.53 Å². The first-order chi connectivity index (χ1) is 8.43. The van der Waals surface area contributed by atoms with Crippen molar-refractivity contribution in [2.75, 3.05) is 19.0 Å². The van der Waals surface area contributed by atoms with Gasteiger partial charge in [-0.25, -0.2) is 9.78 Å². The molecule has 0 unspecified atom stereocenters. The van der Waals surface area contributed by atoms with Gasteiger partial charge in [0.2, 0.25) is 5.91 Å². The summed E-state index contributed by atoms with van der Waals surface area (Å²) in [7, 11) is 1.32. The van der Waals surface area contributed by atoms with Crippen LogP contribution < -0.4 is 10.6 Å². The molecule has 0 aliphatic rings. The number of hydrogen-bond donors (Lipinski definition) is 2. The highest BCUT2D eigenvalue weighted by Gasteiger charge is 2.15. The Kier molecular flexibility index (Phi) is 5.08. The lowest BCUT2D eigenvalue weighted by Crippen LogP contribution is -2.34. The standard InChI is InChI=1S/C11H17N3O3S/c1-6(2)13-8(15)5-12-11-14-7(3)9(18-11)10(16)17-4/h6H,5H2,1-4H3,(H,12,14)(H,13,15).